The smallest absolute Gasteiger partial charge is 0.315 e. The monoisotopic (exact) mass is 312 g/mol. The van der Waals surface area contributed by atoms with Crippen LogP contribution in [0.5, 0.6) is 0 Å². The van der Waals surface area contributed by atoms with Gasteiger partial charge in [0.05, 0.1) is 5.60 Å². The first-order valence-corrected chi connectivity index (χ1v) is 9.57. The lowest BCUT2D eigenvalue weighted by Crippen LogP contribution is -2.52. The molecule has 120 valence electrons. The molecule has 0 bridgehead atoms. The van der Waals surface area contributed by atoms with E-state index in [-0.39, 0.29) is 17.7 Å². The van der Waals surface area contributed by atoms with Crippen molar-refractivity contribution in [3.8, 4) is 0 Å². The number of carbonyl (C=O) groups excluding carboxylic acids is 1. The summed E-state index contributed by atoms with van der Waals surface area (Å²) in [5, 5.41) is 6.28. The van der Waals surface area contributed by atoms with Gasteiger partial charge in [-0.15, -0.1) is 0 Å². The zero-order valence-electron chi connectivity index (χ0n) is 13.1. The molecule has 2 heterocycles. The quantitative estimate of drug-likeness (QED) is 0.839. The van der Waals surface area contributed by atoms with E-state index in [4.69, 9.17) is 4.74 Å². The molecule has 0 aromatic carbocycles. The van der Waals surface area contributed by atoms with E-state index in [1.807, 2.05) is 11.8 Å². The molecular formula is C16H28N2O2S. The summed E-state index contributed by atoms with van der Waals surface area (Å²) in [7, 11) is 0. The minimum Gasteiger partial charge on any atom is -0.374 e. The standard InChI is InChI=1S/C16H28N2O2S/c1-2-15(5-3-6-15)11-17-14(19)18-13-4-8-20-16(10-13)7-9-21-12-16/h13H,2-12H2,1H3,(H2,17,18,19)/t13-,16+/m0/s1. The van der Waals surface area contributed by atoms with E-state index in [2.05, 4.69) is 17.6 Å². The van der Waals surface area contributed by atoms with E-state index in [1.165, 1.54) is 31.4 Å². The Bertz CT molecular complexity index is 373. The molecule has 21 heavy (non-hydrogen) atoms. The number of carbonyl (C=O) groups is 1. The largest absolute Gasteiger partial charge is 0.374 e. The van der Waals surface area contributed by atoms with Gasteiger partial charge in [0.15, 0.2) is 0 Å². The van der Waals surface area contributed by atoms with Gasteiger partial charge in [-0.3, -0.25) is 0 Å². The first kappa shape index (κ1) is 15.5. The van der Waals surface area contributed by atoms with Crippen molar-refractivity contribution < 1.29 is 9.53 Å². The van der Waals surface area contributed by atoms with Gasteiger partial charge in [-0.05, 0) is 49.7 Å². The highest BCUT2D eigenvalue weighted by Crippen LogP contribution is 2.43. The predicted molar refractivity (Wildman–Crippen MR) is 86.8 cm³/mol. The molecule has 2 N–H and O–H groups in total. The van der Waals surface area contributed by atoms with Crippen molar-refractivity contribution in [1.29, 1.82) is 0 Å². The molecule has 2 amide bonds. The Morgan fingerprint density at radius 3 is 2.86 bits per heavy atom. The van der Waals surface area contributed by atoms with E-state index in [1.54, 1.807) is 0 Å². The lowest BCUT2D eigenvalue weighted by atomic mass is 9.67. The Balaban J connectivity index is 1.44. The molecule has 1 saturated carbocycles. The van der Waals surface area contributed by atoms with Crippen LogP contribution in [0.25, 0.3) is 0 Å². The molecule has 2 aliphatic heterocycles. The Labute approximate surface area is 132 Å². The summed E-state index contributed by atoms with van der Waals surface area (Å²) < 4.78 is 6.00. The fraction of sp³-hybridized carbons (Fsp3) is 0.938. The van der Waals surface area contributed by atoms with Crippen molar-refractivity contribution in [1.82, 2.24) is 10.6 Å². The van der Waals surface area contributed by atoms with Crippen LogP contribution in [0.15, 0.2) is 0 Å². The van der Waals surface area contributed by atoms with Crippen LogP contribution in [0.4, 0.5) is 4.79 Å². The van der Waals surface area contributed by atoms with Crippen molar-refractivity contribution in [2.45, 2.75) is 63.5 Å². The summed E-state index contributed by atoms with van der Waals surface area (Å²) in [6.45, 7) is 3.85. The van der Waals surface area contributed by atoms with Crippen LogP contribution < -0.4 is 10.6 Å². The molecule has 3 aliphatic rings. The Morgan fingerprint density at radius 1 is 1.38 bits per heavy atom. The fourth-order valence-corrected chi connectivity index (χ4v) is 5.23. The molecule has 4 nitrogen and oxygen atoms in total. The molecule has 2 saturated heterocycles. The molecule has 3 fully saturated rings. The summed E-state index contributed by atoms with van der Waals surface area (Å²) in [5.74, 6) is 2.28. The van der Waals surface area contributed by atoms with Crippen LogP contribution in [0.2, 0.25) is 0 Å². The molecular weight excluding hydrogens is 284 g/mol. The van der Waals surface area contributed by atoms with Gasteiger partial charge < -0.3 is 15.4 Å². The highest BCUT2D eigenvalue weighted by molar-refractivity contribution is 7.99. The molecule has 5 heteroatoms. The molecule has 0 radical (unpaired) electrons. The van der Waals surface area contributed by atoms with Gasteiger partial charge >= 0.3 is 6.03 Å². The topological polar surface area (TPSA) is 50.4 Å². The van der Waals surface area contributed by atoms with Crippen molar-refractivity contribution in [3.05, 3.63) is 0 Å². The van der Waals surface area contributed by atoms with Gasteiger partial charge in [-0.1, -0.05) is 13.3 Å². The maximum Gasteiger partial charge on any atom is 0.315 e. The first-order chi connectivity index (χ1) is 10.2. The second-order valence-electron chi connectivity index (χ2n) is 7.06. The van der Waals surface area contributed by atoms with Crippen molar-refractivity contribution in [2.75, 3.05) is 24.7 Å². The van der Waals surface area contributed by atoms with Crippen LogP contribution in [-0.2, 0) is 4.74 Å². The number of thioether (sulfide) groups is 1. The van der Waals surface area contributed by atoms with E-state index >= 15 is 0 Å². The van der Waals surface area contributed by atoms with Crippen LogP contribution >= 0.6 is 11.8 Å². The van der Waals surface area contributed by atoms with Crippen molar-refractivity contribution in [2.24, 2.45) is 5.41 Å². The lowest BCUT2D eigenvalue weighted by molar-refractivity contribution is -0.0684. The van der Waals surface area contributed by atoms with E-state index in [9.17, 15) is 4.79 Å². The third-order valence-electron chi connectivity index (χ3n) is 5.68. The fourth-order valence-electron chi connectivity index (χ4n) is 3.85. The zero-order valence-corrected chi connectivity index (χ0v) is 13.9. The molecule has 0 unspecified atom stereocenters. The third kappa shape index (κ3) is 3.50. The number of amides is 2. The highest BCUT2D eigenvalue weighted by atomic mass is 32.2. The average Bonchev–Trinajstić information content (AvgIpc) is 2.86. The van der Waals surface area contributed by atoms with Crippen LogP contribution in [0.1, 0.15) is 51.9 Å². The van der Waals surface area contributed by atoms with Crippen LogP contribution in [0.3, 0.4) is 0 Å². The average molecular weight is 312 g/mol. The van der Waals surface area contributed by atoms with Crippen molar-refractivity contribution >= 4 is 17.8 Å². The Kier molecular flexibility index (Phi) is 4.69. The normalized spacial score (nSPS) is 34.4. The summed E-state index contributed by atoms with van der Waals surface area (Å²) in [5.41, 5.74) is 0.426. The third-order valence-corrected chi connectivity index (χ3v) is 6.91. The van der Waals surface area contributed by atoms with Crippen LogP contribution in [-0.4, -0.2) is 42.3 Å². The lowest BCUT2D eigenvalue weighted by Gasteiger charge is -2.42. The molecule has 1 spiro atoms. The number of nitrogens with one attached hydrogen (secondary N) is 2. The second-order valence-corrected chi connectivity index (χ2v) is 8.16. The van der Waals surface area contributed by atoms with Gasteiger partial charge in [0.1, 0.15) is 0 Å². The maximum atomic E-state index is 12.1. The minimum absolute atomic E-state index is 0.0161. The predicted octanol–water partition coefficient (Wildman–Crippen LogP) is 2.92. The number of urea groups is 1. The highest BCUT2D eigenvalue weighted by Gasteiger charge is 2.41. The minimum atomic E-state index is 0.0161. The van der Waals surface area contributed by atoms with Gasteiger partial charge in [-0.25, -0.2) is 4.79 Å². The maximum absolute atomic E-state index is 12.1. The number of hydrogen-bond donors (Lipinski definition) is 2. The molecule has 2 atom stereocenters. The van der Waals surface area contributed by atoms with Gasteiger partial charge in [0.2, 0.25) is 0 Å². The van der Waals surface area contributed by atoms with E-state index in [0.717, 1.165) is 38.2 Å². The van der Waals surface area contributed by atoms with Gasteiger partial charge in [-0.2, -0.15) is 11.8 Å². The Morgan fingerprint density at radius 2 is 2.24 bits per heavy atom. The summed E-state index contributed by atoms with van der Waals surface area (Å²) in [4.78, 5) is 12.1. The van der Waals surface area contributed by atoms with Gasteiger partial charge in [0.25, 0.3) is 0 Å². The molecule has 0 aromatic heterocycles. The SMILES string of the molecule is CCC1(CNC(=O)N[C@H]2CCO[C@]3(CCSC3)C2)CCC1. The summed E-state index contributed by atoms with van der Waals surface area (Å²) in [6, 6.07) is 0.291. The Hall–Kier alpha value is -0.420. The number of ether oxygens (including phenoxy) is 1. The molecule has 1 aliphatic carbocycles. The molecule has 3 rings (SSSR count). The first-order valence-electron chi connectivity index (χ1n) is 8.41. The number of rotatable bonds is 4. The van der Waals surface area contributed by atoms with E-state index in [0.29, 0.717) is 5.41 Å². The van der Waals surface area contributed by atoms with Crippen molar-refractivity contribution in [3.63, 3.8) is 0 Å². The van der Waals surface area contributed by atoms with Gasteiger partial charge in [0, 0.05) is 24.9 Å². The van der Waals surface area contributed by atoms with E-state index < -0.39 is 0 Å². The molecule has 0 aromatic rings. The number of hydrogen-bond acceptors (Lipinski definition) is 3. The summed E-state index contributed by atoms with van der Waals surface area (Å²) >= 11 is 1.97. The summed E-state index contributed by atoms with van der Waals surface area (Å²) in [6.07, 6.45) is 8.08. The zero-order chi connectivity index (χ0) is 14.8. The van der Waals surface area contributed by atoms with Crippen LogP contribution in [0, 0.1) is 5.41 Å². The second kappa shape index (κ2) is 6.37.